The highest BCUT2D eigenvalue weighted by Gasteiger charge is 2.24. The van der Waals surface area contributed by atoms with E-state index in [1.807, 2.05) is 24.3 Å². The second-order valence-corrected chi connectivity index (χ2v) is 4.54. The van der Waals surface area contributed by atoms with Gasteiger partial charge in [-0.1, -0.05) is 28.1 Å². The first kappa shape index (κ1) is 9.87. The van der Waals surface area contributed by atoms with E-state index in [9.17, 15) is 4.79 Å². The molecule has 1 heterocycles. The van der Waals surface area contributed by atoms with Crippen LogP contribution in [0.5, 0.6) is 0 Å². The van der Waals surface area contributed by atoms with Crippen molar-refractivity contribution in [1.82, 2.24) is 5.32 Å². The fourth-order valence-corrected chi connectivity index (χ4v) is 1.73. The first-order valence-corrected chi connectivity index (χ1v) is 5.53. The summed E-state index contributed by atoms with van der Waals surface area (Å²) in [5, 5.41) is 3.11. The van der Waals surface area contributed by atoms with Gasteiger partial charge in [-0.05, 0) is 17.7 Å². The molecule has 1 aliphatic rings. The van der Waals surface area contributed by atoms with Crippen LogP contribution in [0.4, 0.5) is 0 Å². The summed E-state index contributed by atoms with van der Waals surface area (Å²) < 4.78 is 1.05. The number of hydrogen-bond acceptors (Lipinski definition) is 2. The van der Waals surface area contributed by atoms with Crippen LogP contribution in [0.2, 0.25) is 0 Å². The van der Waals surface area contributed by atoms with E-state index < -0.39 is 0 Å². The zero-order valence-electron chi connectivity index (χ0n) is 7.79. The largest absolute Gasteiger partial charge is 0.315 e. The molecular formula is C11H12BrNO. The number of benzene rings is 1. The first-order chi connectivity index (χ1) is 6.75. The molecule has 1 aliphatic heterocycles. The molecule has 1 saturated heterocycles. The molecule has 0 unspecified atom stereocenters. The van der Waals surface area contributed by atoms with Gasteiger partial charge in [0.2, 0.25) is 0 Å². The molecule has 0 atom stereocenters. The summed E-state index contributed by atoms with van der Waals surface area (Å²) in [6.07, 6.45) is 0.569. The van der Waals surface area contributed by atoms with Crippen LogP contribution in [0.1, 0.15) is 5.56 Å². The van der Waals surface area contributed by atoms with Crippen LogP contribution in [0, 0.1) is 5.92 Å². The summed E-state index contributed by atoms with van der Waals surface area (Å²) in [6.45, 7) is 1.71. The van der Waals surface area contributed by atoms with Gasteiger partial charge in [-0.3, -0.25) is 4.79 Å². The minimum Gasteiger partial charge on any atom is -0.315 e. The number of Topliss-reactive ketones (excluding diaryl/α,β-unsaturated/α-hetero) is 1. The SMILES string of the molecule is O=C(Cc1ccc(Br)cc1)C1CNC1. The third kappa shape index (κ3) is 2.22. The lowest BCUT2D eigenvalue weighted by molar-refractivity contribution is -0.123. The zero-order chi connectivity index (χ0) is 9.97. The molecular weight excluding hydrogens is 242 g/mol. The van der Waals surface area contributed by atoms with Crippen molar-refractivity contribution in [2.45, 2.75) is 6.42 Å². The topological polar surface area (TPSA) is 29.1 Å². The van der Waals surface area contributed by atoms with Crippen molar-refractivity contribution in [3.8, 4) is 0 Å². The van der Waals surface area contributed by atoms with Gasteiger partial charge in [0.1, 0.15) is 5.78 Å². The first-order valence-electron chi connectivity index (χ1n) is 4.73. The smallest absolute Gasteiger partial charge is 0.142 e. The molecule has 1 aromatic carbocycles. The van der Waals surface area contributed by atoms with E-state index in [-0.39, 0.29) is 5.92 Å². The standard InChI is InChI=1S/C11H12BrNO/c12-10-3-1-8(2-4-10)5-11(14)9-6-13-7-9/h1-4,9,13H,5-7H2. The molecule has 0 spiro atoms. The Morgan fingerprint density at radius 2 is 2.00 bits per heavy atom. The molecule has 0 bridgehead atoms. The molecule has 74 valence electrons. The summed E-state index contributed by atoms with van der Waals surface area (Å²) in [6, 6.07) is 7.94. The van der Waals surface area contributed by atoms with E-state index in [0.717, 1.165) is 23.1 Å². The molecule has 1 N–H and O–H groups in total. The maximum Gasteiger partial charge on any atom is 0.142 e. The van der Waals surface area contributed by atoms with Gasteiger partial charge >= 0.3 is 0 Å². The summed E-state index contributed by atoms with van der Waals surface area (Å²) in [4.78, 5) is 11.6. The van der Waals surface area contributed by atoms with Crippen LogP contribution >= 0.6 is 15.9 Å². The number of carbonyl (C=O) groups excluding carboxylic acids is 1. The van der Waals surface area contributed by atoms with Crippen LogP contribution < -0.4 is 5.32 Å². The van der Waals surface area contributed by atoms with Crippen molar-refractivity contribution in [3.63, 3.8) is 0 Å². The Balaban J connectivity index is 1.96. The summed E-state index contributed by atoms with van der Waals surface area (Å²) in [5.41, 5.74) is 1.10. The summed E-state index contributed by atoms with van der Waals surface area (Å²) in [5.74, 6) is 0.602. The van der Waals surface area contributed by atoms with Crippen molar-refractivity contribution in [1.29, 1.82) is 0 Å². The Kier molecular flexibility index (Phi) is 2.99. The maximum atomic E-state index is 11.6. The van der Waals surface area contributed by atoms with E-state index in [0.29, 0.717) is 12.2 Å². The maximum absolute atomic E-state index is 11.6. The molecule has 0 saturated carbocycles. The molecule has 0 aliphatic carbocycles. The van der Waals surface area contributed by atoms with Gasteiger partial charge in [-0.2, -0.15) is 0 Å². The van der Waals surface area contributed by atoms with Crippen LogP contribution in [0.25, 0.3) is 0 Å². The molecule has 14 heavy (non-hydrogen) atoms. The number of nitrogens with one attached hydrogen (secondary N) is 1. The van der Waals surface area contributed by atoms with Crippen molar-refractivity contribution in [2.75, 3.05) is 13.1 Å². The van der Waals surface area contributed by atoms with Crippen molar-refractivity contribution >= 4 is 21.7 Å². The van der Waals surface area contributed by atoms with Crippen LogP contribution in [-0.4, -0.2) is 18.9 Å². The highest BCUT2D eigenvalue weighted by atomic mass is 79.9. The highest BCUT2D eigenvalue weighted by Crippen LogP contribution is 2.13. The van der Waals surface area contributed by atoms with Crippen molar-refractivity contribution < 1.29 is 4.79 Å². The van der Waals surface area contributed by atoms with Gasteiger partial charge in [0.05, 0.1) is 0 Å². The van der Waals surface area contributed by atoms with Crippen LogP contribution in [-0.2, 0) is 11.2 Å². The number of ketones is 1. The number of halogens is 1. The van der Waals surface area contributed by atoms with Gasteiger partial charge in [-0.15, -0.1) is 0 Å². The second-order valence-electron chi connectivity index (χ2n) is 3.62. The van der Waals surface area contributed by atoms with Gasteiger partial charge in [0.15, 0.2) is 0 Å². The predicted octanol–water partition coefficient (Wildman–Crippen LogP) is 1.78. The molecule has 0 aromatic heterocycles. The van der Waals surface area contributed by atoms with E-state index in [1.54, 1.807) is 0 Å². The number of carbonyl (C=O) groups is 1. The summed E-state index contributed by atoms with van der Waals surface area (Å²) in [7, 11) is 0. The minimum atomic E-state index is 0.249. The van der Waals surface area contributed by atoms with E-state index in [2.05, 4.69) is 21.2 Å². The van der Waals surface area contributed by atoms with E-state index >= 15 is 0 Å². The molecule has 1 fully saturated rings. The minimum absolute atomic E-state index is 0.249. The van der Waals surface area contributed by atoms with Gasteiger partial charge in [0, 0.05) is 29.9 Å². The molecule has 2 nitrogen and oxygen atoms in total. The third-order valence-corrected chi connectivity index (χ3v) is 3.06. The lowest BCUT2D eigenvalue weighted by Crippen LogP contribution is -2.47. The Morgan fingerprint density at radius 1 is 1.36 bits per heavy atom. The van der Waals surface area contributed by atoms with Crippen LogP contribution in [0.15, 0.2) is 28.7 Å². The zero-order valence-corrected chi connectivity index (χ0v) is 9.38. The van der Waals surface area contributed by atoms with E-state index in [1.165, 1.54) is 0 Å². The van der Waals surface area contributed by atoms with Crippen LogP contribution in [0.3, 0.4) is 0 Å². The number of hydrogen-bond donors (Lipinski definition) is 1. The molecule has 1 aromatic rings. The normalized spacial score (nSPS) is 16.4. The molecule has 3 heteroatoms. The Hall–Kier alpha value is -0.670. The predicted molar refractivity (Wildman–Crippen MR) is 59.2 cm³/mol. The monoisotopic (exact) mass is 253 g/mol. The average molecular weight is 254 g/mol. The van der Waals surface area contributed by atoms with Gasteiger partial charge in [0.25, 0.3) is 0 Å². The Labute approximate surface area is 91.8 Å². The Morgan fingerprint density at radius 3 is 2.50 bits per heavy atom. The van der Waals surface area contributed by atoms with Gasteiger partial charge < -0.3 is 5.32 Å². The highest BCUT2D eigenvalue weighted by molar-refractivity contribution is 9.10. The lowest BCUT2D eigenvalue weighted by Gasteiger charge is -2.25. The summed E-state index contributed by atoms with van der Waals surface area (Å²) >= 11 is 3.37. The fraction of sp³-hybridized carbons (Fsp3) is 0.364. The number of rotatable bonds is 3. The Bertz CT molecular complexity index is 330. The molecule has 2 rings (SSSR count). The van der Waals surface area contributed by atoms with Gasteiger partial charge in [-0.25, -0.2) is 0 Å². The molecule has 0 radical (unpaired) electrons. The average Bonchev–Trinajstić information content (AvgIpc) is 2.06. The van der Waals surface area contributed by atoms with Crippen molar-refractivity contribution in [2.24, 2.45) is 5.92 Å². The fourth-order valence-electron chi connectivity index (χ4n) is 1.46. The lowest BCUT2D eigenvalue weighted by atomic mass is 9.93. The second kappa shape index (κ2) is 4.24. The third-order valence-electron chi connectivity index (χ3n) is 2.53. The molecule has 0 amide bonds. The van der Waals surface area contributed by atoms with Crippen molar-refractivity contribution in [3.05, 3.63) is 34.3 Å². The van der Waals surface area contributed by atoms with E-state index in [4.69, 9.17) is 0 Å². The quantitative estimate of drug-likeness (QED) is 0.890.